The Balaban J connectivity index is 1.68. The van der Waals surface area contributed by atoms with E-state index in [0.717, 1.165) is 27.2 Å². The number of nitrogens with one attached hydrogen (secondary N) is 1. The first-order valence-corrected chi connectivity index (χ1v) is 10.7. The fourth-order valence-corrected chi connectivity index (χ4v) is 4.00. The lowest BCUT2D eigenvalue weighted by molar-refractivity contribution is -0.118. The summed E-state index contributed by atoms with van der Waals surface area (Å²) in [7, 11) is 6.24. The van der Waals surface area contributed by atoms with Crippen molar-refractivity contribution in [2.75, 3.05) is 34.2 Å². The molecule has 9 heteroatoms. The normalized spacial score (nSPS) is 10.9. The number of benzene rings is 2. The average Bonchev–Trinajstić information content (AvgIpc) is 2.81. The van der Waals surface area contributed by atoms with E-state index in [9.17, 15) is 4.79 Å². The fourth-order valence-electron chi connectivity index (χ4n) is 3.08. The number of pyridine rings is 1. The van der Waals surface area contributed by atoms with Crippen LogP contribution in [0.5, 0.6) is 23.0 Å². The Morgan fingerprint density at radius 1 is 1.03 bits per heavy atom. The molecule has 1 amide bonds. The molecular formula is C23H25N3O5S. The second-order valence-electron chi connectivity index (χ2n) is 6.69. The van der Waals surface area contributed by atoms with Gasteiger partial charge in [0.2, 0.25) is 11.7 Å². The van der Waals surface area contributed by atoms with Gasteiger partial charge in [-0.3, -0.25) is 9.78 Å². The number of hydrogen-bond acceptors (Lipinski definition) is 8. The van der Waals surface area contributed by atoms with Crippen molar-refractivity contribution < 1.29 is 23.7 Å². The highest BCUT2D eigenvalue weighted by molar-refractivity contribution is 8.00. The van der Waals surface area contributed by atoms with E-state index in [-0.39, 0.29) is 11.7 Å². The molecule has 0 fully saturated rings. The van der Waals surface area contributed by atoms with Crippen molar-refractivity contribution in [1.29, 1.82) is 0 Å². The molecule has 0 bridgehead atoms. The number of fused-ring (bicyclic) bond motifs is 1. The Labute approximate surface area is 190 Å². The number of nitrogens with zero attached hydrogens (tertiary/aromatic N) is 2. The molecule has 0 radical (unpaired) electrons. The summed E-state index contributed by atoms with van der Waals surface area (Å²) in [5, 5.41) is 4.98. The van der Waals surface area contributed by atoms with Gasteiger partial charge in [-0.25, -0.2) is 5.43 Å². The van der Waals surface area contributed by atoms with E-state index in [1.165, 1.54) is 39.3 Å². The van der Waals surface area contributed by atoms with Gasteiger partial charge in [0.1, 0.15) is 5.75 Å². The Kier molecular flexibility index (Phi) is 7.77. The van der Waals surface area contributed by atoms with E-state index in [1.807, 2.05) is 31.2 Å². The SMILES string of the molecule is COc1ccc2nc(C)cc(SCC(=O)N/N=C/c3cc(OC)c(OC)c(OC)c3)c2c1. The van der Waals surface area contributed by atoms with Gasteiger partial charge in [0, 0.05) is 21.5 Å². The topological polar surface area (TPSA) is 91.3 Å². The molecule has 1 N–H and O–H groups in total. The van der Waals surface area contributed by atoms with Crippen molar-refractivity contribution in [3.63, 3.8) is 0 Å². The second-order valence-corrected chi connectivity index (χ2v) is 7.70. The highest BCUT2D eigenvalue weighted by Crippen LogP contribution is 2.37. The van der Waals surface area contributed by atoms with E-state index in [4.69, 9.17) is 18.9 Å². The van der Waals surface area contributed by atoms with Crippen LogP contribution in [-0.4, -0.2) is 51.3 Å². The van der Waals surface area contributed by atoms with Gasteiger partial charge in [0.15, 0.2) is 11.5 Å². The van der Waals surface area contributed by atoms with Crippen molar-refractivity contribution >= 4 is 34.8 Å². The second kappa shape index (κ2) is 10.7. The first-order chi connectivity index (χ1) is 15.5. The predicted molar refractivity (Wildman–Crippen MR) is 126 cm³/mol. The third-order valence-electron chi connectivity index (χ3n) is 4.55. The highest BCUT2D eigenvalue weighted by atomic mass is 32.2. The number of methoxy groups -OCH3 is 4. The molecule has 8 nitrogen and oxygen atoms in total. The molecule has 1 aromatic heterocycles. The zero-order valence-corrected chi connectivity index (χ0v) is 19.4. The molecule has 0 saturated heterocycles. The number of hydrogen-bond donors (Lipinski definition) is 1. The first kappa shape index (κ1) is 23.2. The first-order valence-electron chi connectivity index (χ1n) is 9.69. The minimum Gasteiger partial charge on any atom is -0.497 e. The number of hydrazone groups is 1. The van der Waals surface area contributed by atoms with Crippen LogP contribution in [0.2, 0.25) is 0 Å². The molecule has 1 heterocycles. The van der Waals surface area contributed by atoms with E-state index in [1.54, 1.807) is 19.2 Å². The van der Waals surface area contributed by atoms with Crippen molar-refractivity contribution in [1.82, 2.24) is 10.4 Å². The third kappa shape index (κ3) is 5.42. The standard InChI is InChI=1S/C23H25N3O5S/c1-14-8-21(17-11-16(28-2)6-7-18(17)25-14)32-13-22(27)26-24-12-15-9-19(29-3)23(31-5)20(10-15)30-4/h6-12H,13H2,1-5H3,(H,26,27)/b24-12+. The zero-order valence-electron chi connectivity index (χ0n) is 18.6. The van der Waals surface area contributed by atoms with Crippen molar-refractivity contribution in [3.8, 4) is 23.0 Å². The molecule has 0 spiro atoms. The lowest BCUT2D eigenvalue weighted by atomic mass is 10.2. The Morgan fingerprint density at radius 3 is 2.38 bits per heavy atom. The number of rotatable bonds is 9. The molecule has 0 unspecified atom stereocenters. The van der Waals surface area contributed by atoms with Crippen molar-refractivity contribution in [3.05, 3.63) is 47.7 Å². The van der Waals surface area contributed by atoms with Gasteiger partial charge in [-0.15, -0.1) is 11.8 Å². The Morgan fingerprint density at radius 2 is 1.75 bits per heavy atom. The molecule has 32 heavy (non-hydrogen) atoms. The van der Waals surface area contributed by atoms with Crippen LogP contribution in [0.15, 0.2) is 46.4 Å². The Bertz CT molecular complexity index is 1120. The molecule has 0 saturated carbocycles. The summed E-state index contributed by atoms with van der Waals surface area (Å²) in [6, 6.07) is 11.1. The quantitative estimate of drug-likeness (QED) is 0.298. The maximum atomic E-state index is 12.3. The Hall–Kier alpha value is -3.46. The molecule has 0 atom stereocenters. The van der Waals surface area contributed by atoms with E-state index in [2.05, 4.69) is 15.5 Å². The molecule has 168 valence electrons. The number of amides is 1. The van der Waals surface area contributed by atoms with Crippen LogP contribution >= 0.6 is 11.8 Å². The van der Waals surface area contributed by atoms with Gasteiger partial charge >= 0.3 is 0 Å². The average molecular weight is 456 g/mol. The lowest BCUT2D eigenvalue weighted by Crippen LogP contribution is -2.19. The summed E-state index contributed by atoms with van der Waals surface area (Å²) < 4.78 is 21.3. The maximum absolute atomic E-state index is 12.3. The summed E-state index contributed by atoms with van der Waals surface area (Å²) in [4.78, 5) is 17.8. The number of thioether (sulfide) groups is 1. The summed E-state index contributed by atoms with van der Waals surface area (Å²) >= 11 is 1.42. The van der Waals surface area contributed by atoms with Crippen LogP contribution in [0.4, 0.5) is 0 Å². The molecule has 0 aliphatic heterocycles. The number of carbonyl (C=O) groups is 1. The lowest BCUT2D eigenvalue weighted by Gasteiger charge is -2.12. The maximum Gasteiger partial charge on any atom is 0.250 e. The van der Waals surface area contributed by atoms with Crippen LogP contribution in [0.3, 0.4) is 0 Å². The number of aromatic nitrogens is 1. The number of aryl methyl sites for hydroxylation is 1. The van der Waals surface area contributed by atoms with Gasteiger partial charge in [0.25, 0.3) is 0 Å². The number of carbonyl (C=O) groups excluding carboxylic acids is 1. The monoisotopic (exact) mass is 455 g/mol. The van der Waals surface area contributed by atoms with Crippen LogP contribution in [0.1, 0.15) is 11.3 Å². The summed E-state index contributed by atoms with van der Waals surface area (Å²) in [5.41, 5.74) is 4.97. The predicted octanol–water partition coefficient (Wildman–Crippen LogP) is 3.82. The summed E-state index contributed by atoms with van der Waals surface area (Å²) in [6.45, 7) is 1.93. The third-order valence-corrected chi connectivity index (χ3v) is 5.61. The fraction of sp³-hybridized carbons (Fsp3) is 0.261. The van der Waals surface area contributed by atoms with Crippen LogP contribution in [0.25, 0.3) is 10.9 Å². The molecule has 3 rings (SSSR count). The van der Waals surface area contributed by atoms with E-state index >= 15 is 0 Å². The minimum atomic E-state index is -0.232. The van der Waals surface area contributed by atoms with Gasteiger partial charge in [-0.1, -0.05) is 0 Å². The zero-order chi connectivity index (χ0) is 23.1. The van der Waals surface area contributed by atoms with Crippen LogP contribution < -0.4 is 24.4 Å². The van der Waals surface area contributed by atoms with Gasteiger partial charge in [0.05, 0.1) is 45.9 Å². The van der Waals surface area contributed by atoms with Crippen LogP contribution in [0, 0.1) is 6.92 Å². The summed E-state index contributed by atoms with van der Waals surface area (Å²) in [6.07, 6.45) is 1.52. The minimum absolute atomic E-state index is 0.197. The molecular weight excluding hydrogens is 430 g/mol. The van der Waals surface area contributed by atoms with E-state index in [0.29, 0.717) is 22.8 Å². The van der Waals surface area contributed by atoms with E-state index < -0.39 is 0 Å². The van der Waals surface area contributed by atoms with Gasteiger partial charge in [-0.05, 0) is 43.3 Å². The van der Waals surface area contributed by atoms with Crippen molar-refractivity contribution in [2.24, 2.45) is 5.10 Å². The van der Waals surface area contributed by atoms with Gasteiger partial charge < -0.3 is 18.9 Å². The molecule has 0 aliphatic rings. The largest absolute Gasteiger partial charge is 0.497 e. The molecule has 0 aliphatic carbocycles. The van der Waals surface area contributed by atoms with Crippen molar-refractivity contribution in [2.45, 2.75) is 11.8 Å². The smallest absolute Gasteiger partial charge is 0.250 e. The highest BCUT2D eigenvalue weighted by Gasteiger charge is 2.13. The number of ether oxygens (including phenoxy) is 4. The molecule has 2 aromatic carbocycles. The summed E-state index contributed by atoms with van der Waals surface area (Å²) in [5.74, 6) is 2.20. The molecule has 3 aromatic rings. The van der Waals surface area contributed by atoms with Crippen LogP contribution in [-0.2, 0) is 4.79 Å². The van der Waals surface area contributed by atoms with Gasteiger partial charge in [-0.2, -0.15) is 5.10 Å².